The molecule has 1 atom stereocenters. The van der Waals surface area contributed by atoms with Crippen molar-refractivity contribution in [2.24, 2.45) is 4.99 Å². The lowest BCUT2D eigenvalue weighted by Crippen LogP contribution is -2.46. The number of hydrogen-bond donors (Lipinski definition) is 2. The number of rotatable bonds is 6. The summed E-state index contributed by atoms with van der Waals surface area (Å²) < 4.78 is 5.78. The Morgan fingerprint density at radius 1 is 1.30 bits per heavy atom. The zero-order valence-electron chi connectivity index (χ0n) is 14.3. The first-order valence-electron chi connectivity index (χ1n) is 7.98. The molecule has 1 saturated heterocycles. The van der Waals surface area contributed by atoms with E-state index in [0.717, 1.165) is 45.0 Å². The van der Waals surface area contributed by atoms with Crippen molar-refractivity contribution in [1.82, 2.24) is 10.6 Å². The lowest BCUT2D eigenvalue weighted by atomic mass is 10.0. The molecule has 0 amide bonds. The zero-order valence-corrected chi connectivity index (χ0v) is 16.7. The summed E-state index contributed by atoms with van der Waals surface area (Å²) in [6.07, 6.45) is 2.25. The minimum absolute atomic E-state index is 0. The molecule has 6 heteroatoms. The number of para-hydroxylation sites is 1. The van der Waals surface area contributed by atoms with Gasteiger partial charge < -0.3 is 20.3 Å². The molecule has 0 bridgehead atoms. The molecule has 1 heterocycles. The molecule has 130 valence electrons. The maximum atomic E-state index is 5.78. The summed E-state index contributed by atoms with van der Waals surface area (Å²) in [6, 6.07) is 10.4. The van der Waals surface area contributed by atoms with Crippen molar-refractivity contribution < 1.29 is 4.74 Å². The first kappa shape index (κ1) is 20.0. The fourth-order valence-corrected chi connectivity index (χ4v) is 2.62. The average molecular weight is 432 g/mol. The van der Waals surface area contributed by atoms with Gasteiger partial charge in [-0.25, -0.2) is 0 Å². The fraction of sp³-hybridized carbons (Fsp3) is 0.588. The highest BCUT2D eigenvalue weighted by Crippen LogP contribution is 2.23. The van der Waals surface area contributed by atoms with E-state index in [1.165, 1.54) is 5.69 Å². The molecule has 1 aliphatic rings. The van der Waals surface area contributed by atoms with Crippen LogP contribution in [0.1, 0.15) is 19.8 Å². The molecule has 1 fully saturated rings. The highest BCUT2D eigenvalue weighted by Gasteiger charge is 2.29. The van der Waals surface area contributed by atoms with E-state index in [0.29, 0.717) is 0 Å². The number of guanidine groups is 1. The van der Waals surface area contributed by atoms with Gasteiger partial charge in [-0.05, 0) is 31.9 Å². The second-order valence-electron chi connectivity index (χ2n) is 6.01. The third kappa shape index (κ3) is 6.55. The first-order chi connectivity index (χ1) is 10.6. The second kappa shape index (κ2) is 9.97. The summed E-state index contributed by atoms with van der Waals surface area (Å²) in [7, 11) is 3.90. The van der Waals surface area contributed by atoms with E-state index in [1.54, 1.807) is 7.05 Å². The zero-order chi connectivity index (χ0) is 15.8. The molecule has 0 radical (unpaired) electrons. The lowest BCUT2D eigenvalue weighted by molar-refractivity contribution is 0.0243. The number of likely N-dealkylation sites (N-methyl/N-ethyl adjacent to an activating group) is 1. The van der Waals surface area contributed by atoms with Crippen LogP contribution in [0.25, 0.3) is 0 Å². The maximum absolute atomic E-state index is 5.78. The Bertz CT molecular complexity index is 475. The van der Waals surface area contributed by atoms with Crippen LogP contribution in [-0.4, -0.2) is 51.9 Å². The topological polar surface area (TPSA) is 48.9 Å². The first-order valence-corrected chi connectivity index (χ1v) is 7.98. The van der Waals surface area contributed by atoms with Gasteiger partial charge in [0.05, 0.1) is 5.60 Å². The highest BCUT2D eigenvalue weighted by molar-refractivity contribution is 14.0. The van der Waals surface area contributed by atoms with Crippen molar-refractivity contribution in [2.75, 3.05) is 45.2 Å². The van der Waals surface area contributed by atoms with Gasteiger partial charge in [0.1, 0.15) is 0 Å². The predicted octanol–water partition coefficient (Wildman–Crippen LogP) is 2.47. The standard InChI is InChI=1S/C17H28N4O.HI/c1-17(10-7-13-22-17)14-20-16(18-2)19-11-12-21(3)15-8-5-4-6-9-15;/h4-6,8-9H,7,10-14H2,1-3H3,(H2,18,19,20);1H. The summed E-state index contributed by atoms with van der Waals surface area (Å²) in [5, 5.41) is 6.71. The molecule has 0 aromatic heterocycles. The predicted molar refractivity (Wildman–Crippen MR) is 108 cm³/mol. The van der Waals surface area contributed by atoms with Crippen molar-refractivity contribution in [2.45, 2.75) is 25.4 Å². The number of nitrogens with zero attached hydrogens (tertiary/aromatic N) is 2. The van der Waals surface area contributed by atoms with Gasteiger partial charge in [0.2, 0.25) is 0 Å². The normalized spacial score (nSPS) is 20.7. The third-order valence-corrected chi connectivity index (χ3v) is 4.09. The van der Waals surface area contributed by atoms with Crippen LogP contribution in [0, 0.1) is 0 Å². The van der Waals surface area contributed by atoms with E-state index in [9.17, 15) is 0 Å². The highest BCUT2D eigenvalue weighted by atomic mass is 127. The number of halogens is 1. The molecule has 0 aliphatic carbocycles. The number of anilines is 1. The van der Waals surface area contributed by atoms with Gasteiger partial charge in [-0.3, -0.25) is 4.99 Å². The number of hydrogen-bond acceptors (Lipinski definition) is 3. The Hall–Kier alpha value is -1.02. The lowest BCUT2D eigenvalue weighted by Gasteiger charge is -2.25. The van der Waals surface area contributed by atoms with Crippen LogP contribution in [-0.2, 0) is 4.74 Å². The van der Waals surface area contributed by atoms with Crippen molar-refractivity contribution in [1.29, 1.82) is 0 Å². The van der Waals surface area contributed by atoms with Crippen LogP contribution in [0.15, 0.2) is 35.3 Å². The minimum Gasteiger partial charge on any atom is -0.373 e. The number of nitrogens with one attached hydrogen (secondary N) is 2. The fourth-order valence-electron chi connectivity index (χ4n) is 2.62. The minimum atomic E-state index is -0.0571. The number of benzene rings is 1. The summed E-state index contributed by atoms with van der Waals surface area (Å²) in [4.78, 5) is 6.49. The Kier molecular flexibility index (Phi) is 8.68. The van der Waals surface area contributed by atoms with E-state index >= 15 is 0 Å². The largest absolute Gasteiger partial charge is 0.373 e. The monoisotopic (exact) mass is 432 g/mol. The smallest absolute Gasteiger partial charge is 0.191 e. The quantitative estimate of drug-likeness (QED) is 0.412. The van der Waals surface area contributed by atoms with Crippen LogP contribution < -0.4 is 15.5 Å². The van der Waals surface area contributed by atoms with Crippen LogP contribution in [0.5, 0.6) is 0 Å². The van der Waals surface area contributed by atoms with Crippen molar-refractivity contribution in [3.63, 3.8) is 0 Å². The van der Waals surface area contributed by atoms with Crippen LogP contribution in [0.3, 0.4) is 0 Å². The van der Waals surface area contributed by atoms with Crippen LogP contribution >= 0.6 is 24.0 Å². The van der Waals surface area contributed by atoms with E-state index in [4.69, 9.17) is 4.74 Å². The Labute approximate surface area is 156 Å². The second-order valence-corrected chi connectivity index (χ2v) is 6.01. The van der Waals surface area contributed by atoms with Crippen LogP contribution in [0.4, 0.5) is 5.69 Å². The average Bonchev–Trinajstić information content (AvgIpc) is 2.98. The molecule has 0 saturated carbocycles. The Balaban J connectivity index is 0.00000264. The van der Waals surface area contributed by atoms with E-state index in [-0.39, 0.29) is 29.6 Å². The molecule has 23 heavy (non-hydrogen) atoms. The molecule has 1 aromatic rings. The number of ether oxygens (including phenoxy) is 1. The molecule has 1 unspecified atom stereocenters. The SMILES string of the molecule is CN=C(NCCN(C)c1ccccc1)NCC1(C)CCCO1.I. The van der Waals surface area contributed by atoms with Gasteiger partial charge in [0.15, 0.2) is 5.96 Å². The van der Waals surface area contributed by atoms with Gasteiger partial charge >= 0.3 is 0 Å². The summed E-state index contributed by atoms with van der Waals surface area (Å²) in [6.45, 7) is 5.57. The Morgan fingerprint density at radius 2 is 2.04 bits per heavy atom. The molecule has 5 nitrogen and oxygen atoms in total. The van der Waals surface area contributed by atoms with Gasteiger partial charge in [0.25, 0.3) is 0 Å². The van der Waals surface area contributed by atoms with Gasteiger partial charge in [-0.15, -0.1) is 24.0 Å². The Morgan fingerprint density at radius 3 is 2.65 bits per heavy atom. The molecular weight excluding hydrogens is 403 g/mol. The van der Waals surface area contributed by atoms with Gasteiger partial charge in [-0.2, -0.15) is 0 Å². The molecule has 1 aliphatic heterocycles. The summed E-state index contributed by atoms with van der Waals surface area (Å²) in [5.74, 6) is 0.832. The van der Waals surface area contributed by atoms with Crippen molar-refractivity contribution in [3.8, 4) is 0 Å². The van der Waals surface area contributed by atoms with Crippen molar-refractivity contribution in [3.05, 3.63) is 30.3 Å². The summed E-state index contributed by atoms with van der Waals surface area (Å²) in [5.41, 5.74) is 1.16. The molecule has 0 spiro atoms. The van der Waals surface area contributed by atoms with Crippen LogP contribution in [0.2, 0.25) is 0 Å². The molecular formula is C17H29IN4O. The third-order valence-electron chi connectivity index (χ3n) is 4.09. The van der Waals surface area contributed by atoms with Gasteiger partial charge in [0, 0.05) is 46.0 Å². The van der Waals surface area contributed by atoms with Crippen molar-refractivity contribution >= 4 is 35.6 Å². The van der Waals surface area contributed by atoms with E-state index < -0.39 is 0 Å². The van der Waals surface area contributed by atoms with Gasteiger partial charge in [-0.1, -0.05) is 18.2 Å². The molecule has 2 N–H and O–H groups in total. The molecule has 1 aromatic carbocycles. The van der Waals surface area contributed by atoms with E-state index in [1.807, 2.05) is 6.07 Å². The summed E-state index contributed by atoms with van der Waals surface area (Å²) >= 11 is 0. The number of aliphatic imine (C=N–C) groups is 1. The maximum Gasteiger partial charge on any atom is 0.191 e. The van der Waals surface area contributed by atoms with E-state index in [2.05, 4.69) is 58.8 Å². The molecule has 2 rings (SSSR count).